The summed E-state index contributed by atoms with van der Waals surface area (Å²) >= 11 is 0. The molecule has 0 saturated carbocycles. The molecule has 0 radical (unpaired) electrons. The van der Waals surface area contributed by atoms with E-state index in [2.05, 4.69) is 31.8 Å². The summed E-state index contributed by atoms with van der Waals surface area (Å²) in [4.78, 5) is 17.7. The van der Waals surface area contributed by atoms with Crippen molar-refractivity contribution in [2.75, 3.05) is 25.0 Å². The van der Waals surface area contributed by atoms with E-state index in [4.69, 9.17) is 4.42 Å². The lowest BCUT2D eigenvalue weighted by molar-refractivity contribution is 0.187. The maximum atomic E-state index is 5.94. The lowest BCUT2D eigenvalue weighted by atomic mass is 10.0. The zero-order valence-electron chi connectivity index (χ0n) is 15.0. The highest BCUT2D eigenvalue weighted by Gasteiger charge is 2.24. The van der Waals surface area contributed by atoms with Crippen molar-refractivity contribution in [3.63, 3.8) is 0 Å². The molecule has 26 heavy (non-hydrogen) atoms. The molecule has 6 nitrogen and oxygen atoms in total. The van der Waals surface area contributed by atoms with Crippen LogP contribution in [0.2, 0.25) is 0 Å². The normalized spacial score (nSPS) is 15.5. The third kappa shape index (κ3) is 3.75. The van der Waals surface area contributed by atoms with Gasteiger partial charge in [0, 0.05) is 37.1 Å². The molecule has 3 aromatic rings. The van der Waals surface area contributed by atoms with E-state index in [-0.39, 0.29) is 0 Å². The van der Waals surface area contributed by atoms with Crippen LogP contribution >= 0.6 is 0 Å². The van der Waals surface area contributed by atoms with E-state index in [0.717, 1.165) is 49.6 Å². The number of benzene rings is 1. The smallest absolute Gasteiger partial charge is 0.226 e. The number of aromatic nitrogens is 3. The maximum Gasteiger partial charge on any atom is 0.226 e. The largest absolute Gasteiger partial charge is 0.440 e. The van der Waals surface area contributed by atoms with Crippen LogP contribution < -0.4 is 4.90 Å². The van der Waals surface area contributed by atoms with Crippen LogP contribution in [0.25, 0.3) is 11.5 Å². The minimum Gasteiger partial charge on any atom is -0.440 e. The number of piperidine rings is 1. The molecule has 0 amide bonds. The predicted octanol–water partition coefficient (Wildman–Crippen LogP) is 3.23. The van der Waals surface area contributed by atoms with Crippen LogP contribution in [-0.4, -0.2) is 46.0 Å². The zero-order valence-corrected chi connectivity index (χ0v) is 15.0. The van der Waals surface area contributed by atoms with Crippen LogP contribution in [-0.2, 0) is 6.54 Å². The van der Waals surface area contributed by atoms with Gasteiger partial charge in [0.15, 0.2) is 0 Å². The molecule has 2 aromatic heterocycles. The molecule has 6 heteroatoms. The molecule has 1 saturated heterocycles. The first-order valence-corrected chi connectivity index (χ1v) is 9.01. The minimum absolute atomic E-state index is 0.535. The van der Waals surface area contributed by atoms with E-state index in [9.17, 15) is 0 Å². The van der Waals surface area contributed by atoms with Crippen molar-refractivity contribution in [2.24, 2.45) is 0 Å². The van der Waals surface area contributed by atoms with Crippen molar-refractivity contribution >= 4 is 5.82 Å². The first-order chi connectivity index (χ1) is 12.8. The molecule has 0 bridgehead atoms. The van der Waals surface area contributed by atoms with Crippen molar-refractivity contribution in [1.29, 1.82) is 0 Å². The Morgan fingerprint density at radius 2 is 1.88 bits per heavy atom. The summed E-state index contributed by atoms with van der Waals surface area (Å²) in [6.07, 6.45) is 9.35. The Balaban J connectivity index is 1.33. The molecule has 1 aromatic carbocycles. The average Bonchev–Trinajstić information content (AvgIpc) is 3.18. The molecule has 3 heterocycles. The van der Waals surface area contributed by atoms with E-state index in [0.29, 0.717) is 11.9 Å². The van der Waals surface area contributed by atoms with E-state index >= 15 is 0 Å². The lowest BCUT2D eigenvalue weighted by Gasteiger charge is -2.36. The Kier molecular flexibility index (Phi) is 4.93. The maximum absolute atomic E-state index is 5.94. The first kappa shape index (κ1) is 16.7. The number of hydrogen-bond donors (Lipinski definition) is 0. The van der Waals surface area contributed by atoms with Crippen LogP contribution in [0.15, 0.2) is 59.5 Å². The highest BCUT2D eigenvalue weighted by molar-refractivity contribution is 5.52. The Morgan fingerprint density at radius 1 is 1.08 bits per heavy atom. The fourth-order valence-electron chi connectivity index (χ4n) is 3.46. The summed E-state index contributed by atoms with van der Waals surface area (Å²) < 4.78 is 5.94. The van der Waals surface area contributed by atoms with E-state index in [1.54, 1.807) is 12.4 Å². The van der Waals surface area contributed by atoms with Crippen LogP contribution in [0.3, 0.4) is 0 Å². The van der Waals surface area contributed by atoms with Gasteiger partial charge in [-0.05, 0) is 32.0 Å². The third-order valence-corrected chi connectivity index (χ3v) is 4.94. The highest BCUT2D eigenvalue weighted by atomic mass is 16.4. The van der Waals surface area contributed by atoms with Crippen LogP contribution in [0.5, 0.6) is 0 Å². The summed E-state index contributed by atoms with van der Waals surface area (Å²) in [6.45, 7) is 2.77. The van der Waals surface area contributed by atoms with Gasteiger partial charge >= 0.3 is 0 Å². The van der Waals surface area contributed by atoms with Crippen LogP contribution in [0, 0.1) is 0 Å². The summed E-state index contributed by atoms with van der Waals surface area (Å²) in [7, 11) is 2.16. The van der Waals surface area contributed by atoms with E-state index < -0.39 is 0 Å². The Bertz CT molecular complexity index is 812. The SMILES string of the molecule is CN(Cc1cnc(-c2ccccc2)o1)C1CCN(c2cnccn2)CC1. The molecular weight excluding hydrogens is 326 g/mol. The van der Waals surface area contributed by atoms with Gasteiger partial charge in [-0.1, -0.05) is 18.2 Å². The molecule has 0 spiro atoms. The van der Waals surface area contributed by atoms with Crippen molar-refractivity contribution in [2.45, 2.75) is 25.4 Å². The molecule has 134 valence electrons. The van der Waals surface area contributed by atoms with Gasteiger partial charge in [0.2, 0.25) is 5.89 Å². The van der Waals surface area contributed by atoms with Gasteiger partial charge in [-0.2, -0.15) is 0 Å². The van der Waals surface area contributed by atoms with E-state index in [1.807, 2.05) is 42.7 Å². The fourth-order valence-corrected chi connectivity index (χ4v) is 3.46. The van der Waals surface area contributed by atoms with Crippen molar-refractivity contribution in [3.8, 4) is 11.5 Å². The number of hydrogen-bond acceptors (Lipinski definition) is 6. The van der Waals surface area contributed by atoms with Gasteiger partial charge in [-0.25, -0.2) is 9.97 Å². The number of oxazole rings is 1. The predicted molar refractivity (Wildman–Crippen MR) is 101 cm³/mol. The van der Waals surface area contributed by atoms with Gasteiger partial charge in [-0.3, -0.25) is 9.88 Å². The van der Waals surface area contributed by atoms with Crippen molar-refractivity contribution < 1.29 is 4.42 Å². The number of rotatable bonds is 5. The second kappa shape index (κ2) is 7.66. The number of anilines is 1. The molecule has 4 rings (SSSR count). The third-order valence-electron chi connectivity index (χ3n) is 4.94. The van der Waals surface area contributed by atoms with Gasteiger partial charge in [-0.15, -0.1) is 0 Å². The van der Waals surface area contributed by atoms with Gasteiger partial charge in [0.1, 0.15) is 11.6 Å². The Hall–Kier alpha value is -2.73. The second-order valence-electron chi connectivity index (χ2n) is 6.69. The lowest BCUT2D eigenvalue weighted by Crippen LogP contribution is -2.43. The average molecular weight is 349 g/mol. The highest BCUT2D eigenvalue weighted by Crippen LogP contribution is 2.23. The molecular formula is C20H23N5O. The van der Waals surface area contributed by atoms with Crippen LogP contribution in [0.1, 0.15) is 18.6 Å². The van der Waals surface area contributed by atoms with Crippen LogP contribution in [0.4, 0.5) is 5.82 Å². The summed E-state index contributed by atoms with van der Waals surface area (Å²) in [6, 6.07) is 10.6. The fraction of sp³-hybridized carbons (Fsp3) is 0.350. The number of nitrogens with zero attached hydrogens (tertiary/aromatic N) is 5. The standard InChI is InChI=1S/C20H23N5O/c1-24(15-18-13-23-20(26-18)16-5-3-2-4-6-16)17-7-11-25(12-8-17)19-14-21-9-10-22-19/h2-6,9-10,13-14,17H,7-8,11-12,15H2,1H3. The van der Waals surface area contributed by atoms with Gasteiger partial charge < -0.3 is 9.32 Å². The molecule has 0 N–H and O–H groups in total. The zero-order chi connectivity index (χ0) is 17.8. The first-order valence-electron chi connectivity index (χ1n) is 9.01. The van der Waals surface area contributed by atoms with Gasteiger partial charge in [0.25, 0.3) is 0 Å². The molecule has 1 fully saturated rings. The second-order valence-corrected chi connectivity index (χ2v) is 6.69. The molecule has 0 aliphatic carbocycles. The quantitative estimate of drug-likeness (QED) is 0.705. The van der Waals surface area contributed by atoms with Crippen molar-refractivity contribution in [3.05, 3.63) is 60.9 Å². The summed E-state index contributed by atoms with van der Waals surface area (Å²) in [5.41, 5.74) is 1.01. The molecule has 1 aliphatic rings. The topological polar surface area (TPSA) is 58.3 Å². The summed E-state index contributed by atoms with van der Waals surface area (Å²) in [5.74, 6) is 2.56. The Morgan fingerprint density at radius 3 is 2.62 bits per heavy atom. The Labute approximate surface area is 153 Å². The minimum atomic E-state index is 0.535. The molecule has 0 atom stereocenters. The van der Waals surface area contributed by atoms with E-state index in [1.165, 1.54) is 0 Å². The monoisotopic (exact) mass is 349 g/mol. The molecule has 1 aliphatic heterocycles. The summed E-state index contributed by atoms with van der Waals surface area (Å²) in [5, 5.41) is 0. The molecule has 0 unspecified atom stereocenters. The van der Waals surface area contributed by atoms with Gasteiger partial charge in [0.05, 0.1) is 18.9 Å². The van der Waals surface area contributed by atoms with Crippen molar-refractivity contribution in [1.82, 2.24) is 19.9 Å².